The summed E-state index contributed by atoms with van der Waals surface area (Å²) in [6, 6.07) is 3.83. The van der Waals surface area contributed by atoms with Crippen LogP contribution in [0.5, 0.6) is 0 Å². The number of hydrogen-bond acceptors (Lipinski definition) is 4. The lowest BCUT2D eigenvalue weighted by Crippen LogP contribution is -2.31. The summed E-state index contributed by atoms with van der Waals surface area (Å²) in [7, 11) is 0. The molecule has 2 fully saturated rings. The molecule has 0 bridgehead atoms. The molecule has 2 aromatic heterocycles. The van der Waals surface area contributed by atoms with Gasteiger partial charge >= 0.3 is 0 Å². The first-order chi connectivity index (χ1) is 9.36. The molecule has 1 saturated carbocycles. The second kappa shape index (κ2) is 4.15. The van der Waals surface area contributed by atoms with Gasteiger partial charge in [-0.3, -0.25) is 0 Å². The molecule has 1 atom stereocenters. The van der Waals surface area contributed by atoms with Gasteiger partial charge < -0.3 is 4.90 Å². The maximum absolute atomic E-state index is 13.0. The molecule has 0 amide bonds. The fraction of sp³-hybridized carbons (Fsp3) is 0.615. The second-order valence-corrected chi connectivity index (χ2v) is 5.44. The molecule has 100 valence electrons. The zero-order chi connectivity index (χ0) is 12.8. The molecule has 1 aliphatic carbocycles. The van der Waals surface area contributed by atoms with Crippen LogP contribution in [0.15, 0.2) is 12.1 Å². The van der Waals surface area contributed by atoms with E-state index in [1.54, 1.807) is 0 Å². The highest BCUT2D eigenvalue weighted by atomic mass is 19.1. The molecule has 2 aliphatic rings. The minimum Gasteiger partial charge on any atom is -0.350 e. The first kappa shape index (κ1) is 11.1. The van der Waals surface area contributed by atoms with Crippen LogP contribution >= 0.6 is 0 Å². The van der Waals surface area contributed by atoms with Gasteiger partial charge in [-0.2, -0.15) is 4.52 Å². The van der Waals surface area contributed by atoms with E-state index in [-0.39, 0.29) is 12.7 Å². The van der Waals surface area contributed by atoms with E-state index in [1.165, 1.54) is 12.8 Å². The number of hydrogen-bond donors (Lipinski definition) is 0. The lowest BCUT2D eigenvalue weighted by atomic mass is 10.2. The molecule has 3 heterocycles. The molecular formula is C13H16FN5. The number of nitrogens with zero attached hydrogens (tertiary/aromatic N) is 5. The van der Waals surface area contributed by atoms with E-state index in [0.717, 1.165) is 36.7 Å². The van der Waals surface area contributed by atoms with Gasteiger partial charge in [0, 0.05) is 12.5 Å². The number of aromatic nitrogens is 4. The molecule has 4 rings (SSSR count). The Morgan fingerprint density at radius 3 is 2.89 bits per heavy atom. The topological polar surface area (TPSA) is 46.3 Å². The van der Waals surface area contributed by atoms with Gasteiger partial charge in [-0.15, -0.1) is 15.3 Å². The fourth-order valence-electron chi connectivity index (χ4n) is 2.84. The van der Waals surface area contributed by atoms with Crippen LogP contribution in [-0.2, 0) is 0 Å². The van der Waals surface area contributed by atoms with Gasteiger partial charge in [-0.05, 0) is 37.8 Å². The maximum atomic E-state index is 13.0. The monoisotopic (exact) mass is 261 g/mol. The predicted octanol–water partition coefficient (Wildman–Crippen LogP) is 1.94. The van der Waals surface area contributed by atoms with Crippen LogP contribution in [0.1, 0.15) is 37.4 Å². The van der Waals surface area contributed by atoms with E-state index in [0.29, 0.717) is 5.92 Å². The lowest BCUT2D eigenvalue weighted by molar-refractivity contribution is 0.426. The zero-order valence-electron chi connectivity index (χ0n) is 10.7. The summed E-state index contributed by atoms with van der Waals surface area (Å²) in [5.41, 5.74) is 0.779. The molecule has 5 nitrogen and oxygen atoms in total. The minimum absolute atomic E-state index is 0.0224. The van der Waals surface area contributed by atoms with Crippen LogP contribution in [0.3, 0.4) is 0 Å². The van der Waals surface area contributed by atoms with Crippen molar-refractivity contribution in [1.82, 2.24) is 19.8 Å². The molecule has 1 saturated heterocycles. The average Bonchev–Trinajstić information content (AvgIpc) is 3.04. The number of halogens is 1. The van der Waals surface area contributed by atoms with Crippen LogP contribution in [0.4, 0.5) is 10.2 Å². The normalized spacial score (nSPS) is 23.4. The van der Waals surface area contributed by atoms with E-state index >= 15 is 0 Å². The van der Waals surface area contributed by atoms with Gasteiger partial charge in [0.2, 0.25) is 0 Å². The molecule has 0 aromatic carbocycles. The van der Waals surface area contributed by atoms with Gasteiger partial charge in [0.1, 0.15) is 12.5 Å². The Morgan fingerprint density at radius 1 is 1.21 bits per heavy atom. The quantitative estimate of drug-likeness (QED) is 0.847. The average molecular weight is 261 g/mol. The second-order valence-electron chi connectivity index (χ2n) is 5.44. The highest BCUT2D eigenvalue weighted by Gasteiger charge is 2.30. The van der Waals surface area contributed by atoms with Gasteiger partial charge in [-0.1, -0.05) is 0 Å². The van der Waals surface area contributed by atoms with Gasteiger partial charge in [-0.25, -0.2) is 4.39 Å². The van der Waals surface area contributed by atoms with E-state index in [4.69, 9.17) is 0 Å². The molecule has 0 radical (unpaired) electrons. The summed E-state index contributed by atoms with van der Waals surface area (Å²) in [4.78, 5) is 2.07. The Hall–Kier alpha value is -1.72. The predicted molar refractivity (Wildman–Crippen MR) is 69.1 cm³/mol. The van der Waals surface area contributed by atoms with E-state index in [1.807, 2.05) is 16.6 Å². The first-order valence-electron chi connectivity index (χ1n) is 6.92. The Labute approximate surface area is 110 Å². The van der Waals surface area contributed by atoms with Gasteiger partial charge in [0.05, 0.1) is 6.04 Å². The van der Waals surface area contributed by atoms with Gasteiger partial charge in [0.25, 0.3) is 0 Å². The largest absolute Gasteiger partial charge is 0.350 e. The van der Waals surface area contributed by atoms with E-state index < -0.39 is 0 Å². The first-order valence-corrected chi connectivity index (χ1v) is 6.92. The number of rotatable bonds is 3. The Morgan fingerprint density at radius 2 is 2.11 bits per heavy atom. The summed E-state index contributed by atoms with van der Waals surface area (Å²) >= 11 is 0. The van der Waals surface area contributed by atoms with Crippen molar-refractivity contribution >= 4 is 11.5 Å². The third kappa shape index (κ3) is 1.77. The molecule has 0 spiro atoms. The Bertz CT molecular complexity index is 606. The third-order valence-corrected chi connectivity index (χ3v) is 4.06. The SMILES string of the molecule is FCC1CCCN1c1ccc2nnc(C3CC3)n2n1. The Kier molecular flexibility index (Phi) is 2.43. The van der Waals surface area contributed by atoms with Crippen molar-refractivity contribution < 1.29 is 4.39 Å². The van der Waals surface area contributed by atoms with Crippen molar-refractivity contribution in [1.29, 1.82) is 0 Å². The maximum Gasteiger partial charge on any atom is 0.178 e. The molecule has 1 aliphatic heterocycles. The van der Waals surface area contributed by atoms with Crippen molar-refractivity contribution in [2.45, 2.75) is 37.6 Å². The van der Waals surface area contributed by atoms with Crippen molar-refractivity contribution in [3.05, 3.63) is 18.0 Å². The van der Waals surface area contributed by atoms with Crippen molar-refractivity contribution in [2.75, 3.05) is 18.1 Å². The number of alkyl halides is 1. The van der Waals surface area contributed by atoms with E-state index in [9.17, 15) is 4.39 Å². The summed E-state index contributed by atoms with van der Waals surface area (Å²) < 4.78 is 14.8. The van der Waals surface area contributed by atoms with E-state index in [2.05, 4.69) is 20.2 Å². The molecular weight excluding hydrogens is 245 g/mol. The summed E-state index contributed by atoms with van der Waals surface area (Å²) in [6.45, 7) is 0.575. The molecule has 6 heteroatoms. The van der Waals surface area contributed by atoms with Crippen molar-refractivity contribution in [3.8, 4) is 0 Å². The molecule has 0 N–H and O–H groups in total. The van der Waals surface area contributed by atoms with Crippen LogP contribution < -0.4 is 4.90 Å². The smallest absolute Gasteiger partial charge is 0.178 e. The highest BCUT2D eigenvalue weighted by molar-refractivity contribution is 5.47. The number of anilines is 1. The number of fused-ring (bicyclic) bond motifs is 1. The van der Waals surface area contributed by atoms with Crippen molar-refractivity contribution in [2.24, 2.45) is 0 Å². The minimum atomic E-state index is -0.308. The highest BCUT2D eigenvalue weighted by Crippen LogP contribution is 2.38. The molecule has 1 unspecified atom stereocenters. The molecule has 19 heavy (non-hydrogen) atoms. The van der Waals surface area contributed by atoms with Crippen LogP contribution in [0, 0.1) is 0 Å². The standard InChI is InChI=1S/C13H16FN5/c14-8-10-2-1-7-18(10)12-6-5-11-15-16-13(9-3-4-9)19(11)17-12/h5-6,9-10H,1-4,7-8H2. The molecule has 2 aromatic rings. The Balaban J connectivity index is 1.75. The third-order valence-electron chi connectivity index (χ3n) is 4.06. The lowest BCUT2D eigenvalue weighted by Gasteiger charge is -2.23. The van der Waals surface area contributed by atoms with Crippen molar-refractivity contribution in [3.63, 3.8) is 0 Å². The van der Waals surface area contributed by atoms with Crippen LogP contribution in [0.2, 0.25) is 0 Å². The van der Waals surface area contributed by atoms with Gasteiger partial charge in [0.15, 0.2) is 11.5 Å². The summed E-state index contributed by atoms with van der Waals surface area (Å²) in [6.07, 6.45) is 4.28. The zero-order valence-corrected chi connectivity index (χ0v) is 10.7. The van der Waals surface area contributed by atoms with Crippen LogP contribution in [0.25, 0.3) is 5.65 Å². The summed E-state index contributed by atoms with van der Waals surface area (Å²) in [5, 5.41) is 13.0. The van der Waals surface area contributed by atoms with Crippen LogP contribution in [-0.4, -0.2) is 39.1 Å². The fourth-order valence-corrected chi connectivity index (χ4v) is 2.84. The summed E-state index contributed by atoms with van der Waals surface area (Å²) in [5.74, 6) is 2.30.